The highest BCUT2D eigenvalue weighted by Gasteiger charge is 2.52. The van der Waals surface area contributed by atoms with E-state index in [1.807, 2.05) is 23.3 Å². The number of pyridine rings is 1. The molecule has 7 heteroatoms. The quantitative estimate of drug-likeness (QED) is 0.818. The molecule has 25 heavy (non-hydrogen) atoms. The number of hydrogen-bond donors (Lipinski definition) is 0. The molecular formula is C18H21N3O3S. The van der Waals surface area contributed by atoms with Gasteiger partial charge in [0.2, 0.25) is 0 Å². The van der Waals surface area contributed by atoms with Gasteiger partial charge < -0.3 is 14.4 Å². The van der Waals surface area contributed by atoms with Gasteiger partial charge in [-0.3, -0.25) is 9.78 Å². The summed E-state index contributed by atoms with van der Waals surface area (Å²) in [6.07, 6.45) is 3.31. The minimum absolute atomic E-state index is 0.0389. The predicted molar refractivity (Wildman–Crippen MR) is 93.4 cm³/mol. The maximum Gasteiger partial charge on any atom is 0.255 e. The lowest BCUT2D eigenvalue weighted by Gasteiger charge is -2.26. The van der Waals surface area contributed by atoms with Gasteiger partial charge in [-0.05, 0) is 19.1 Å². The summed E-state index contributed by atoms with van der Waals surface area (Å²) >= 11 is 1.63. The van der Waals surface area contributed by atoms with Crippen LogP contribution >= 0.6 is 11.3 Å². The van der Waals surface area contributed by atoms with Gasteiger partial charge in [0.1, 0.15) is 0 Å². The summed E-state index contributed by atoms with van der Waals surface area (Å²) < 4.78 is 11.7. The number of ether oxygens (including phenoxy) is 2. The summed E-state index contributed by atoms with van der Waals surface area (Å²) in [5.74, 6) is 0.363. The molecule has 2 fully saturated rings. The Hall–Kier alpha value is -1.83. The highest BCUT2D eigenvalue weighted by molar-refractivity contribution is 7.09. The third-order valence-electron chi connectivity index (χ3n) is 5.02. The Labute approximate surface area is 150 Å². The molecule has 2 aliphatic rings. The van der Waals surface area contributed by atoms with Crippen molar-refractivity contribution in [3.05, 3.63) is 46.2 Å². The molecule has 6 nitrogen and oxygen atoms in total. The molecule has 0 bridgehead atoms. The highest BCUT2D eigenvalue weighted by Crippen LogP contribution is 2.42. The predicted octanol–water partition coefficient (Wildman–Crippen LogP) is 2.15. The second-order valence-corrected chi connectivity index (χ2v) is 7.91. The first-order valence-electron chi connectivity index (χ1n) is 8.42. The molecule has 2 saturated heterocycles. The number of carbonyl (C=O) groups is 1. The molecule has 0 aliphatic carbocycles. The van der Waals surface area contributed by atoms with Gasteiger partial charge in [0.15, 0.2) is 0 Å². The highest BCUT2D eigenvalue weighted by atomic mass is 32.1. The van der Waals surface area contributed by atoms with Gasteiger partial charge in [-0.15, -0.1) is 11.3 Å². The molecule has 0 unspecified atom stereocenters. The number of likely N-dealkylation sites (tertiary alicyclic amines) is 1. The van der Waals surface area contributed by atoms with Gasteiger partial charge in [-0.2, -0.15) is 0 Å². The number of aromatic nitrogens is 2. The molecule has 0 radical (unpaired) electrons. The lowest BCUT2D eigenvalue weighted by atomic mass is 9.82. The number of aryl methyl sites for hydroxylation is 1. The summed E-state index contributed by atoms with van der Waals surface area (Å²) in [5, 5.41) is 3.08. The summed E-state index contributed by atoms with van der Waals surface area (Å²) in [6.45, 7) is 5.81. The Morgan fingerprint density at radius 3 is 3.24 bits per heavy atom. The van der Waals surface area contributed by atoms with Gasteiger partial charge in [-0.1, -0.05) is 0 Å². The second-order valence-electron chi connectivity index (χ2n) is 6.85. The number of fused-ring (bicyclic) bond motifs is 1. The van der Waals surface area contributed by atoms with E-state index >= 15 is 0 Å². The van der Waals surface area contributed by atoms with E-state index in [0.29, 0.717) is 51.0 Å². The summed E-state index contributed by atoms with van der Waals surface area (Å²) in [6, 6.07) is 3.61. The Kier molecular flexibility index (Phi) is 4.54. The Morgan fingerprint density at radius 1 is 1.56 bits per heavy atom. The summed E-state index contributed by atoms with van der Waals surface area (Å²) in [5.41, 5.74) is 1.50. The van der Waals surface area contributed by atoms with Crippen molar-refractivity contribution in [3.8, 4) is 0 Å². The first-order valence-corrected chi connectivity index (χ1v) is 9.30. The molecule has 2 aromatic rings. The van der Waals surface area contributed by atoms with E-state index in [1.54, 1.807) is 29.8 Å². The van der Waals surface area contributed by atoms with Crippen molar-refractivity contribution in [2.75, 3.05) is 32.9 Å². The average Bonchev–Trinajstić information content (AvgIpc) is 3.29. The van der Waals surface area contributed by atoms with Crippen LogP contribution in [-0.4, -0.2) is 53.7 Å². The van der Waals surface area contributed by atoms with Crippen LogP contribution in [0.25, 0.3) is 0 Å². The standard InChI is InChI=1S/C18H21N3O3S/c1-13-20-16(9-25-13)8-24-12-18-10-21(6-15(18)7-23-11-18)17(22)14-3-2-4-19-5-14/h2-5,9,15H,6-8,10-12H2,1H3/t15-,18+/m1/s1. The number of carbonyl (C=O) groups excluding carboxylic acids is 1. The van der Waals surface area contributed by atoms with Crippen LogP contribution in [0.1, 0.15) is 21.1 Å². The van der Waals surface area contributed by atoms with Crippen molar-refractivity contribution in [3.63, 3.8) is 0 Å². The Morgan fingerprint density at radius 2 is 2.48 bits per heavy atom. The zero-order chi connectivity index (χ0) is 17.3. The molecular weight excluding hydrogens is 338 g/mol. The third kappa shape index (κ3) is 3.31. The normalized spacial score (nSPS) is 25.3. The van der Waals surface area contributed by atoms with Crippen molar-refractivity contribution in [2.24, 2.45) is 11.3 Å². The van der Waals surface area contributed by atoms with E-state index in [1.165, 1.54) is 0 Å². The van der Waals surface area contributed by atoms with Gasteiger partial charge in [0.05, 0.1) is 42.7 Å². The average molecular weight is 359 g/mol. The van der Waals surface area contributed by atoms with Crippen molar-refractivity contribution in [1.29, 1.82) is 0 Å². The van der Waals surface area contributed by atoms with Crippen LogP contribution in [0.15, 0.2) is 29.9 Å². The van der Waals surface area contributed by atoms with Crippen LogP contribution < -0.4 is 0 Å². The Balaban J connectivity index is 1.41. The van der Waals surface area contributed by atoms with E-state index in [4.69, 9.17) is 9.47 Å². The molecule has 0 aromatic carbocycles. The molecule has 0 spiro atoms. The molecule has 1 amide bonds. The smallest absolute Gasteiger partial charge is 0.255 e. The minimum atomic E-state index is -0.108. The summed E-state index contributed by atoms with van der Waals surface area (Å²) in [4.78, 5) is 23.1. The number of amides is 1. The zero-order valence-corrected chi connectivity index (χ0v) is 15.0. The van der Waals surface area contributed by atoms with E-state index in [0.717, 1.165) is 10.7 Å². The van der Waals surface area contributed by atoms with Crippen LogP contribution in [-0.2, 0) is 16.1 Å². The molecule has 2 aromatic heterocycles. The van der Waals surface area contributed by atoms with Crippen molar-refractivity contribution >= 4 is 17.2 Å². The van der Waals surface area contributed by atoms with Gasteiger partial charge in [0.25, 0.3) is 5.91 Å². The summed E-state index contributed by atoms with van der Waals surface area (Å²) in [7, 11) is 0. The number of hydrogen-bond acceptors (Lipinski definition) is 6. The van der Waals surface area contributed by atoms with Gasteiger partial charge in [-0.25, -0.2) is 4.98 Å². The monoisotopic (exact) mass is 359 g/mol. The van der Waals surface area contributed by atoms with Crippen molar-refractivity contribution < 1.29 is 14.3 Å². The molecule has 2 aliphatic heterocycles. The molecule has 2 atom stereocenters. The second kappa shape index (κ2) is 6.82. The number of rotatable bonds is 5. The van der Waals surface area contributed by atoms with E-state index < -0.39 is 0 Å². The molecule has 4 heterocycles. The van der Waals surface area contributed by atoms with Crippen LogP contribution in [0.4, 0.5) is 0 Å². The largest absolute Gasteiger partial charge is 0.380 e. The topological polar surface area (TPSA) is 64.6 Å². The molecule has 0 N–H and O–H groups in total. The number of thiazole rings is 1. The lowest BCUT2D eigenvalue weighted by molar-refractivity contribution is 0.0176. The minimum Gasteiger partial charge on any atom is -0.380 e. The van der Waals surface area contributed by atoms with Gasteiger partial charge in [0, 0.05) is 42.2 Å². The molecule has 0 saturated carbocycles. The van der Waals surface area contributed by atoms with Gasteiger partial charge >= 0.3 is 0 Å². The van der Waals surface area contributed by atoms with Crippen LogP contribution in [0.2, 0.25) is 0 Å². The molecule has 132 valence electrons. The van der Waals surface area contributed by atoms with E-state index in [9.17, 15) is 4.79 Å². The van der Waals surface area contributed by atoms with E-state index in [2.05, 4.69) is 9.97 Å². The number of nitrogens with zero attached hydrogens (tertiary/aromatic N) is 3. The molecule has 4 rings (SSSR count). The van der Waals surface area contributed by atoms with Crippen molar-refractivity contribution in [2.45, 2.75) is 13.5 Å². The first kappa shape index (κ1) is 16.6. The Bertz CT molecular complexity index is 751. The van der Waals surface area contributed by atoms with E-state index in [-0.39, 0.29) is 11.3 Å². The first-order chi connectivity index (χ1) is 12.2. The lowest BCUT2D eigenvalue weighted by Crippen LogP contribution is -2.37. The van der Waals surface area contributed by atoms with Crippen LogP contribution in [0.5, 0.6) is 0 Å². The van der Waals surface area contributed by atoms with Crippen LogP contribution in [0, 0.1) is 18.3 Å². The SMILES string of the molecule is Cc1nc(COC[C@]23COC[C@H]2CN(C(=O)c2cccnc2)C3)cs1. The maximum absolute atomic E-state index is 12.7. The maximum atomic E-state index is 12.7. The fourth-order valence-corrected chi connectivity index (χ4v) is 4.29. The third-order valence-corrected chi connectivity index (χ3v) is 5.85. The van der Waals surface area contributed by atoms with Crippen LogP contribution in [0.3, 0.4) is 0 Å². The fraction of sp³-hybridized carbons (Fsp3) is 0.500. The fourth-order valence-electron chi connectivity index (χ4n) is 3.70. The van der Waals surface area contributed by atoms with Crippen molar-refractivity contribution in [1.82, 2.24) is 14.9 Å². The zero-order valence-electron chi connectivity index (χ0n) is 14.2.